The molecule has 1 atom stereocenters. The molecule has 0 spiro atoms. The second-order valence-electron chi connectivity index (χ2n) is 5.37. The lowest BCUT2D eigenvalue weighted by Crippen LogP contribution is -2.29. The average Bonchev–Trinajstić information content (AvgIpc) is 2.84. The zero-order chi connectivity index (χ0) is 13.7. The third kappa shape index (κ3) is 3.57. The Morgan fingerprint density at radius 1 is 1.42 bits per heavy atom. The van der Waals surface area contributed by atoms with E-state index in [2.05, 4.69) is 11.8 Å². The van der Waals surface area contributed by atoms with Gasteiger partial charge in [0.05, 0.1) is 5.56 Å². The summed E-state index contributed by atoms with van der Waals surface area (Å²) in [7, 11) is 0. The van der Waals surface area contributed by atoms with E-state index >= 15 is 0 Å². The molecule has 2 rings (SSSR count). The number of aromatic carboxylic acids is 1. The fourth-order valence-corrected chi connectivity index (χ4v) is 2.96. The number of rotatable bonds is 6. The Balaban J connectivity index is 2.05. The molecule has 0 radical (unpaired) electrons. The third-order valence-electron chi connectivity index (χ3n) is 4.01. The maximum absolute atomic E-state index is 11.2. The Hall–Kier alpha value is -1.35. The fraction of sp³-hybridized carbons (Fsp3) is 0.562. The number of carboxylic acid groups (broad SMARTS) is 1. The van der Waals surface area contributed by atoms with Gasteiger partial charge in [-0.1, -0.05) is 38.0 Å². The normalized spacial score (nSPS) is 19.7. The van der Waals surface area contributed by atoms with Crippen LogP contribution in [0.25, 0.3) is 0 Å². The Kier molecular flexibility index (Phi) is 4.97. The van der Waals surface area contributed by atoms with Gasteiger partial charge in [0, 0.05) is 12.6 Å². The lowest BCUT2D eigenvalue weighted by Gasteiger charge is -2.25. The van der Waals surface area contributed by atoms with Crippen molar-refractivity contribution in [2.45, 2.75) is 51.6 Å². The summed E-state index contributed by atoms with van der Waals surface area (Å²) in [6.07, 6.45) is 6.24. The predicted molar refractivity (Wildman–Crippen MR) is 76.4 cm³/mol. The molecule has 3 heteroatoms. The van der Waals surface area contributed by atoms with Crippen molar-refractivity contribution in [1.82, 2.24) is 4.90 Å². The van der Waals surface area contributed by atoms with Gasteiger partial charge in [-0.3, -0.25) is 4.90 Å². The molecule has 0 bridgehead atoms. The van der Waals surface area contributed by atoms with E-state index in [1.807, 2.05) is 12.1 Å². The van der Waals surface area contributed by atoms with E-state index in [9.17, 15) is 9.90 Å². The van der Waals surface area contributed by atoms with Gasteiger partial charge in [-0.05, 0) is 37.4 Å². The van der Waals surface area contributed by atoms with Crippen LogP contribution in [0.4, 0.5) is 0 Å². The van der Waals surface area contributed by atoms with Crippen molar-refractivity contribution in [2.24, 2.45) is 0 Å². The zero-order valence-corrected chi connectivity index (χ0v) is 11.6. The van der Waals surface area contributed by atoms with Crippen molar-refractivity contribution in [3.63, 3.8) is 0 Å². The van der Waals surface area contributed by atoms with E-state index in [4.69, 9.17) is 0 Å². The molecule has 1 heterocycles. The highest BCUT2D eigenvalue weighted by atomic mass is 16.4. The van der Waals surface area contributed by atoms with Crippen LogP contribution in [-0.2, 0) is 6.54 Å². The number of likely N-dealkylation sites (tertiary alicyclic amines) is 1. The summed E-state index contributed by atoms with van der Waals surface area (Å²) in [5, 5.41) is 9.23. The highest BCUT2D eigenvalue weighted by Gasteiger charge is 2.24. The number of nitrogens with zero attached hydrogens (tertiary/aromatic N) is 1. The summed E-state index contributed by atoms with van der Waals surface area (Å²) in [4.78, 5) is 13.7. The average molecular weight is 261 g/mol. The molecule has 0 aliphatic carbocycles. The largest absolute Gasteiger partial charge is 0.478 e. The highest BCUT2D eigenvalue weighted by molar-refractivity contribution is 5.89. The summed E-state index contributed by atoms with van der Waals surface area (Å²) >= 11 is 0. The van der Waals surface area contributed by atoms with Crippen LogP contribution in [-0.4, -0.2) is 28.6 Å². The van der Waals surface area contributed by atoms with Crippen molar-refractivity contribution in [3.05, 3.63) is 35.4 Å². The Bertz CT molecular complexity index is 431. The molecule has 1 fully saturated rings. The van der Waals surface area contributed by atoms with Crippen molar-refractivity contribution in [1.29, 1.82) is 0 Å². The molecule has 1 saturated heterocycles. The molecular formula is C16H23NO2. The van der Waals surface area contributed by atoms with Crippen molar-refractivity contribution in [2.75, 3.05) is 6.54 Å². The molecule has 1 aliphatic heterocycles. The molecule has 1 aromatic rings. The highest BCUT2D eigenvalue weighted by Crippen LogP contribution is 2.25. The molecule has 0 aromatic heterocycles. The molecule has 104 valence electrons. The molecule has 3 nitrogen and oxygen atoms in total. The van der Waals surface area contributed by atoms with E-state index in [-0.39, 0.29) is 0 Å². The minimum Gasteiger partial charge on any atom is -0.478 e. The van der Waals surface area contributed by atoms with Crippen LogP contribution in [0.15, 0.2) is 24.3 Å². The maximum atomic E-state index is 11.2. The van der Waals surface area contributed by atoms with Crippen LogP contribution in [0.1, 0.15) is 54.9 Å². The first kappa shape index (κ1) is 14.1. The molecule has 1 N–H and O–H groups in total. The van der Waals surface area contributed by atoms with Crippen LogP contribution in [0.5, 0.6) is 0 Å². The lowest BCUT2D eigenvalue weighted by atomic mass is 10.0. The number of hydrogen-bond acceptors (Lipinski definition) is 2. The number of benzene rings is 1. The van der Waals surface area contributed by atoms with Gasteiger partial charge in [-0.15, -0.1) is 0 Å². The first-order valence-corrected chi connectivity index (χ1v) is 7.27. The molecule has 0 unspecified atom stereocenters. The summed E-state index contributed by atoms with van der Waals surface area (Å²) in [5.41, 5.74) is 1.39. The standard InChI is InChI=1S/C16H23NO2/c1-2-3-8-14-9-6-11-17(14)12-13-7-4-5-10-15(13)16(18)19/h4-5,7,10,14H,2-3,6,8-9,11-12H2,1H3,(H,18,19)/t14-/m1/s1. The van der Waals surface area contributed by atoms with E-state index in [1.54, 1.807) is 12.1 Å². The Labute approximate surface area is 115 Å². The zero-order valence-electron chi connectivity index (χ0n) is 11.6. The first-order chi connectivity index (χ1) is 9.22. The molecule has 19 heavy (non-hydrogen) atoms. The van der Waals surface area contributed by atoms with Gasteiger partial charge in [0.1, 0.15) is 0 Å². The van der Waals surface area contributed by atoms with Crippen molar-refractivity contribution < 1.29 is 9.90 Å². The minimum atomic E-state index is -0.820. The summed E-state index contributed by atoms with van der Waals surface area (Å²) in [5.74, 6) is -0.820. The minimum absolute atomic E-state index is 0.448. The second-order valence-corrected chi connectivity index (χ2v) is 5.37. The molecule has 0 amide bonds. The molecule has 1 aromatic carbocycles. The Morgan fingerprint density at radius 3 is 2.95 bits per heavy atom. The van der Waals surface area contributed by atoms with Crippen LogP contribution >= 0.6 is 0 Å². The van der Waals surface area contributed by atoms with Gasteiger partial charge in [0.2, 0.25) is 0 Å². The van der Waals surface area contributed by atoms with Crippen LogP contribution in [0.2, 0.25) is 0 Å². The van der Waals surface area contributed by atoms with Gasteiger partial charge in [0.15, 0.2) is 0 Å². The molecular weight excluding hydrogens is 238 g/mol. The first-order valence-electron chi connectivity index (χ1n) is 7.27. The van der Waals surface area contributed by atoms with Crippen molar-refractivity contribution in [3.8, 4) is 0 Å². The maximum Gasteiger partial charge on any atom is 0.336 e. The SMILES string of the molecule is CCCC[C@@H]1CCCN1Cc1ccccc1C(=O)O. The quantitative estimate of drug-likeness (QED) is 0.851. The van der Waals surface area contributed by atoms with Gasteiger partial charge in [0.25, 0.3) is 0 Å². The smallest absolute Gasteiger partial charge is 0.336 e. The fourth-order valence-electron chi connectivity index (χ4n) is 2.96. The summed E-state index contributed by atoms with van der Waals surface area (Å²) in [6, 6.07) is 8.01. The van der Waals surface area contributed by atoms with Crippen LogP contribution < -0.4 is 0 Å². The van der Waals surface area contributed by atoms with E-state index in [1.165, 1.54) is 32.1 Å². The number of unbranched alkanes of at least 4 members (excludes halogenated alkanes) is 1. The summed E-state index contributed by atoms with van der Waals surface area (Å²) < 4.78 is 0. The number of carboxylic acids is 1. The van der Waals surface area contributed by atoms with E-state index in [0.717, 1.165) is 18.7 Å². The molecule has 1 aliphatic rings. The van der Waals surface area contributed by atoms with Gasteiger partial charge < -0.3 is 5.11 Å². The lowest BCUT2D eigenvalue weighted by molar-refractivity contribution is 0.0694. The number of hydrogen-bond donors (Lipinski definition) is 1. The molecule has 0 saturated carbocycles. The van der Waals surface area contributed by atoms with Crippen LogP contribution in [0, 0.1) is 0 Å². The van der Waals surface area contributed by atoms with E-state index < -0.39 is 5.97 Å². The summed E-state index contributed by atoms with van der Waals surface area (Å²) in [6.45, 7) is 4.10. The van der Waals surface area contributed by atoms with Gasteiger partial charge in [-0.25, -0.2) is 4.79 Å². The van der Waals surface area contributed by atoms with E-state index in [0.29, 0.717) is 11.6 Å². The van der Waals surface area contributed by atoms with Gasteiger partial charge in [-0.2, -0.15) is 0 Å². The third-order valence-corrected chi connectivity index (χ3v) is 4.01. The predicted octanol–water partition coefficient (Wildman–Crippen LogP) is 3.54. The Morgan fingerprint density at radius 2 is 2.21 bits per heavy atom. The topological polar surface area (TPSA) is 40.5 Å². The second kappa shape index (κ2) is 6.71. The monoisotopic (exact) mass is 261 g/mol. The van der Waals surface area contributed by atoms with Crippen molar-refractivity contribution >= 4 is 5.97 Å². The number of carbonyl (C=O) groups is 1. The van der Waals surface area contributed by atoms with Gasteiger partial charge >= 0.3 is 5.97 Å². The van der Waals surface area contributed by atoms with Crippen LogP contribution in [0.3, 0.4) is 0 Å².